The molecule has 0 radical (unpaired) electrons. The zero-order valence-electron chi connectivity index (χ0n) is 14.1. The van der Waals surface area contributed by atoms with Gasteiger partial charge in [-0.15, -0.1) is 12.4 Å². The summed E-state index contributed by atoms with van der Waals surface area (Å²) in [6.07, 6.45) is 5.26. The molecule has 4 nitrogen and oxygen atoms in total. The van der Waals surface area contributed by atoms with Crippen LogP contribution in [0, 0.1) is 5.92 Å². The van der Waals surface area contributed by atoms with Gasteiger partial charge in [0, 0.05) is 6.54 Å². The van der Waals surface area contributed by atoms with Gasteiger partial charge in [-0.3, -0.25) is 4.79 Å². The maximum atomic E-state index is 12.3. The summed E-state index contributed by atoms with van der Waals surface area (Å²) in [6, 6.07) is 9.44. The van der Waals surface area contributed by atoms with Crippen molar-refractivity contribution in [2.75, 3.05) is 13.2 Å². The Morgan fingerprint density at radius 1 is 1.30 bits per heavy atom. The Morgan fingerprint density at radius 2 is 1.96 bits per heavy atom. The third-order valence-corrected chi connectivity index (χ3v) is 4.60. The van der Waals surface area contributed by atoms with E-state index in [2.05, 4.69) is 12.2 Å². The third-order valence-electron chi connectivity index (χ3n) is 4.60. The van der Waals surface area contributed by atoms with E-state index in [-0.39, 0.29) is 18.3 Å². The van der Waals surface area contributed by atoms with Crippen molar-refractivity contribution < 1.29 is 9.53 Å². The summed E-state index contributed by atoms with van der Waals surface area (Å²) in [5.41, 5.74) is 5.98. The number of nitrogens with two attached hydrogens (primary N) is 1. The summed E-state index contributed by atoms with van der Waals surface area (Å²) in [5, 5.41) is 2.89. The van der Waals surface area contributed by atoms with E-state index in [4.69, 9.17) is 10.5 Å². The fourth-order valence-electron chi connectivity index (χ4n) is 3.00. The van der Waals surface area contributed by atoms with Gasteiger partial charge in [-0.05, 0) is 31.2 Å². The summed E-state index contributed by atoms with van der Waals surface area (Å²) >= 11 is 0. The second-order valence-electron chi connectivity index (χ2n) is 6.50. The number of carbonyl (C=O) groups is 1. The highest BCUT2D eigenvalue weighted by molar-refractivity contribution is 5.86. The number of benzene rings is 1. The molecule has 1 aliphatic carbocycles. The van der Waals surface area contributed by atoms with Crippen LogP contribution in [0.15, 0.2) is 30.3 Å². The van der Waals surface area contributed by atoms with Crippen LogP contribution in [0.1, 0.15) is 45.1 Å². The largest absolute Gasteiger partial charge is 0.376 e. The van der Waals surface area contributed by atoms with Crippen molar-refractivity contribution in [3.8, 4) is 0 Å². The Morgan fingerprint density at radius 3 is 2.61 bits per heavy atom. The number of hydrogen-bond acceptors (Lipinski definition) is 3. The lowest BCUT2D eigenvalue weighted by molar-refractivity contribution is -0.126. The van der Waals surface area contributed by atoms with Gasteiger partial charge in [0.25, 0.3) is 0 Å². The minimum Gasteiger partial charge on any atom is -0.376 e. The van der Waals surface area contributed by atoms with Crippen molar-refractivity contribution in [3.63, 3.8) is 0 Å². The van der Waals surface area contributed by atoms with Crippen molar-refractivity contribution in [1.29, 1.82) is 0 Å². The fraction of sp³-hybridized carbons (Fsp3) is 0.611. The molecule has 0 bridgehead atoms. The molecule has 1 aromatic carbocycles. The van der Waals surface area contributed by atoms with Gasteiger partial charge in [0.15, 0.2) is 0 Å². The fourth-order valence-corrected chi connectivity index (χ4v) is 3.00. The molecule has 2 rings (SSSR count). The molecule has 3 atom stereocenters. The first kappa shape index (κ1) is 19.9. The average Bonchev–Trinajstić information content (AvgIpc) is 2.53. The van der Waals surface area contributed by atoms with Crippen LogP contribution >= 0.6 is 12.4 Å². The molecule has 0 saturated heterocycles. The number of rotatable bonds is 6. The molecule has 3 N–H and O–H groups in total. The van der Waals surface area contributed by atoms with Gasteiger partial charge < -0.3 is 15.8 Å². The molecule has 0 spiro atoms. The van der Waals surface area contributed by atoms with Gasteiger partial charge >= 0.3 is 0 Å². The molecule has 130 valence electrons. The van der Waals surface area contributed by atoms with E-state index in [1.807, 2.05) is 30.3 Å². The second kappa shape index (κ2) is 9.26. The topological polar surface area (TPSA) is 64.3 Å². The zero-order valence-corrected chi connectivity index (χ0v) is 14.9. The Balaban J connectivity index is 0.00000264. The van der Waals surface area contributed by atoms with Gasteiger partial charge in [-0.2, -0.15) is 0 Å². The molecule has 1 aromatic rings. The van der Waals surface area contributed by atoms with Crippen LogP contribution < -0.4 is 11.1 Å². The number of halogens is 1. The van der Waals surface area contributed by atoms with Crippen LogP contribution in [-0.4, -0.2) is 25.2 Å². The van der Waals surface area contributed by atoms with Crippen molar-refractivity contribution >= 4 is 18.3 Å². The van der Waals surface area contributed by atoms with E-state index < -0.39 is 5.54 Å². The summed E-state index contributed by atoms with van der Waals surface area (Å²) in [5.74, 6) is 0.451. The van der Waals surface area contributed by atoms with Crippen LogP contribution in [0.5, 0.6) is 0 Å². The predicted octanol–water partition coefficient (Wildman–Crippen LogP) is 2.99. The quantitative estimate of drug-likeness (QED) is 0.782. The lowest BCUT2D eigenvalue weighted by Gasteiger charge is -2.29. The van der Waals surface area contributed by atoms with Crippen molar-refractivity contribution in [2.24, 2.45) is 11.7 Å². The summed E-state index contributed by atoms with van der Waals surface area (Å²) in [4.78, 5) is 12.3. The lowest BCUT2D eigenvalue weighted by atomic mass is 9.88. The Labute approximate surface area is 145 Å². The molecule has 0 aromatic heterocycles. The molecule has 0 heterocycles. The molecule has 1 amide bonds. The number of hydrogen-bond donors (Lipinski definition) is 2. The molecule has 1 fully saturated rings. The molecule has 0 aliphatic heterocycles. The molecular formula is C18H29ClN2O2. The molecule has 1 aliphatic rings. The highest BCUT2D eigenvalue weighted by Crippen LogP contribution is 2.26. The van der Waals surface area contributed by atoms with Crippen molar-refractivity contribution in [3.05, 3.63) is 35.9 Å². The first-order chi connectivity index (χ1) is 10.5. The van der Waals surface area contributed by atoms with Crippen molar-refractivity contribution in [1.82, 2.24) is 5.32 Å². The van der Waals surface area contributed by atoms with Crippen molar-refractivity contribution in [2.45, 2.75) is 51.2 Å². The normalized spacial score (nSPS) is 23.4. The van der Waals surface area contributed by atoms with Crippen LogP contribution in [-0.2, 0) is 15.1 Å². The minimum atomic E-state index is -1.01. The van der Waals surface area contributed by atoms with Gasteiger partial charge in [-0.1, -0.05) is 50.1 Å². The van der Waals surface area contributed by atoms with Crippen LogP contribution in [0.2, 0.25) is 0 Å². The molecule has 3 unspecified atom stereocenters. The smallest absolute Gasteiger partial charge is 0.244 e. The van der Waals surface area contributed by atoms with E-state index in [0.717, 1.165) is 12.0 Å². The summed E-state index contributed by atoms with van der Waals surface area (Å²) in [6.45, 7) is 5.03. The van der Waals surface area contributed by atoms with E-state index in [1.54, 1.807) is 6.92 Å². The van der Waals surface area contributed by atoms with Gasteiger partial charge in [0.05, 0.1) is 12.7 Å². The molecule has 23 heavy (non-hydrogen) atoms. The maximum absolute atomic E-state index is 12.3. The lowest BCUT2D eigenvalue weighted by Crippen LogP contribution is -2.49. The standard InChI is InChI=1S/C18H28N2O2.ClH/c1-14-8-6-7-11-16(14)22-13-12-20-17(21)18(2,19)15-9-4-3-5-10-15;/h3-5,9-10,14,16H,6-8,11-13,19H2,1-2H3,(H,20,21);1H. The third kappa shape index (κ3) is 5.48. The van der Waals surface area contributed by atoms with Gasteiger partial charge in [0.2, 0.25) is 5.91 Å². The maximum Gasteiger partial charge on any atom is 0.244 e. The highest BCUT2D eigenvalue weighted by atomic mass is 35.5. The van der Waals surface area contributed by atoms with Gasteiger partial charge in [0.1, 0.15) is 5.54 Å². The van der Waals surface area contributed by atoms with E-state index in [9.17, 15) is 4.79 Å². The Bertz CT molecular complexity index is 479. The first-order valence-electron chi connectivity index (χ1n) is 8.26. The van der Waals surface area contributed by atoms with Gasteiger partial charge in [-0.25, -0.2) is 0 Å². The van der Waals surface area contributed by atoms with Crippen LogP contribution in [0.3, 0.4) is 0 Å². The molecule has 5 heteroatoms. The summed E-state index contributed by atoms with van der Waals surface area (Å²) in [7, 11) is 0. The Kier molecular flexibility index (Phi) is 8.03. The monoisotopic (exact) mass is 340 g/mol. The molecule has 1 saturated carbocycles. The minimum absolute atomic E-state index is 0. The highest BCUT2D eigenvalue weighted by Gasteiger charge is 2.30. The number of ether oxygens (including phenoxy) is 1. The predicted molar refractivity (Wildman–Crippen MR) is 95.6 cm³/mol. The zero-order chi connectivity index (χ0) is 16.0. The first-order valence-corrected chi connectivity index (χ1v) is 8.26. The number of carbonyl (C=O) groups excluding carboxylic acids is 1. The number of amides is 1. The Hall–Kier alpha value is -1.10. The van der Waals surface area contributed by atoms with E-state index >= 15 is 0 Å². The SMILES string of the molecule is CC1CCCCC1OCCNC(=O)C(C)(N)c1ccccc1.Cl. The van der Waals surface area contributed by atoms with Crippen LogP contribution in [0.4, 0.5) is 0 Å². The second-order valence-corrected chi connectivity index (χ2v) is 6.50. The van der Waals surface area contributed by atoms with Crippen LogP contribution in [0.25, 0.3) is 0 Å². The van der Waals surface area contributed by atoms with E-state index in [0.29, 0.717) is 25.2 Å². The molecular weight excluding hydrogens is 312 g/mol. The average molecular weight is 341 g/mol. The van der Waals surface area contributed by atoms with E-state index in [1.165, 1.54) is 19.3 Å². The summed E-state index contributed by atoms with van der Waals surface area (Å²) < 4.78 is 5.91. The number of nitrogens with one attached hydrogen (secondary N) is 1.